The number of carbonyl (C=O) groups excluding carboxylic acids is 1. The molecule has 0 bridgehead atoms. The van der Waals surface area contributed by atoms with Crippen molar-refractivity contribution < 1.29 is 4.79 Å². The molecule has 3 nitrogen and oxygen atoms in total. The van der Waals surface area contributed by atoms with E-state index in [0.717, 1.165) is 30.0 Å². The van der Waals surface area contributed by atoms with Gasteiger partial charge in [-0.3, -0.25) is 4.79 Å². The van der Waals surface area contributed by atoms with Crippen molar-refractivity contribution in [3.05, 3.63) is 53.6 Å². The zero-order valence-electron chi connectivity index (χ0n) is 13.6. The molecule has 0 spiro atoms. The Morgan fingerprint density at radius 3 is 2.87 bits per heavy atom. The van der Waals surface area contributed by atoms with Gasteiger partial charge in [-0.1, -0.05) is 24.3 Å². The van der Waals surface area contributed by atoms with Crippen LogP contribution in [0.1, 0.15) is 17.5 Å². The lowest BCUT2D eigenvalue weighted by molar-refractivity contribution is -0.115. The molecule has 0 atom stereocenters. The highest BCUT2D eigenvalue weighted by Crippen LogP contribution is 2.33. The van der Waals surface area contributed by atoms with E-state index in [9.17, 15) is 4.79 Å². The van der Waals surface area contributed by atoms with Crippen LogP contribution in [0.4, 0.5) is 11.4 Å². The summed E-state index contributed by atoms with van der Waals surface area (Å²) in [7, 11) is 0. The van der Waals surface area contributed by atoms with Crippen LogP contribution >= 0.6 is 11.8 Å². The number of thioether (sulfide) groups is 1. The summed E-state index contributed by atoms with van der Waals surface area (Å²) in [6.07, 6.45) is 1.09. The highest BCUT2D eigenvalue weighted by atomic mass is 32.2. The molecule has 1 aliphatic rings. The minimum Gasteiger partial charge on any atom is -0.361 e. The first-order chi connectivity index (χ1) is 11.1. The highest BCUT2D eigenvalue weighted by molar-refractivity contribution is 7.99. The maximum atomic E-state index is 12.5. The first kappa shape index (κ1) is 15.9. The quantitative estimate of drug-likeness (QED) is 0.915. The number of anilines is 2. The number of hydrogen-bond acceptors (Lipinski definition) is 3. The second-order valence-electron chi connectivity index (χ2n) is 5.89. The SMILES string of the molecule is Cc1cccc(NC(=O)CN2CCCSc3ccccc32)c1C. The van der Waals surface area contributed by atoms with Gasteiger partial charge >= 0.3 is 0 Å². The predicted molar refractivity (Wildman–Crippen MR) is 98.5 cm³/mol. The number of carbonyl (C=O) groups is 1. The third-order valence-corrected chi connectivity index (χ3v) is 5.40. The lowest BCUT2D eigenvalue weighted by atomic mass is 10.1. The molecular formula is C19H22N2OS. The minimum absolute atomic E-state index is 0.0420. The van der Waals surface area contributed by atoms with Gasteiger partial charge in [0.2, 0.25) is 5.91 Å². The van der Waals surface area contributed by atoms with E-state index in [4.69, 9.17) is 0 Å². The van der Waals surface area contributed by atoms with Gasteiger partial charge in [0.15, 0.2) is 0 Å². The summed E-state index contributed by atoms with van der Waals surface area (Å²) in [6.45, 7) is 5.42. The van der Waals surface area contributed by atoms with E-state index in [0.29, 0.717) is 6.54 Å². The van der Waals surface area contributed by atoms with Gasteiger partial charge < -0.3 is 10.2 Å². The molecule has 2 aromatic carbocycles. The van der Waals surface area contributed by atoms with Crippen molar-refractivity contribution in [2.24, 2.45) is 0 Å². The number of nitrogens with zero attached hydrogens (tertiary/aromatic N) is 1. The average Bonchev–Trinajstić information content (AvgIpc) is 2.75. The summed E-state index contributed by atoms with van der Waals surface area (Å²) < 4.78 is 0. The predicted octanol–water partition coefficient (Wildman–Crippen LogP) is 4.24. The normalized spacial score (nSPS) is 14.1. The number of nitrogens with one attached hydrogen (secondary N) is 1. The number of amides is 1. The van der Waals surface area contributed by atoms with Crippen LogP contribution in [0.5, 0.6) is 0 Å². The topological polar surface area (TPSA) is 32.3 Å². The summed E-state index contributed by atoms with van der Waals surface area (Å²) in [5, 5.41) is 3.06. The van der Waals surface area contributed by atoms with Gasteiger partial charge in [-0.15, -0.1) is 11.8 Å². The van der Waals surface area contributed by atoms with Gasteiger partial charge in [-0.05, 0) is 55.3 Å². The zero-order chi connectivity index (χ0) is 16.2. The molecule has 0 aromatic heterocycles. The molecule has 0 unspecified atom stereocenters. The molecule has 0 saturated heterocycles. The molecule has 4 heteroatoms. The summed E-state index contributed by atoms with van der Waals surface area (Å²) in [5.41, 5.74) is 4.41. The number of aryl methyl sites for hydroxylation is 1. The van der Waals surface area contributed by atoms with E-state index in [2.05, 4.69) is 41.4 Å². The number of rotatable bonds is 3. The molecule has 120 valence electrons. The fourth-order valence-electron chi connectivity index (χ4n) is 2.81. The summed E-state index contributed by atoms with van der Waals surface area (Å²) in [5.74, 6) is 1.15. The van der Waals surface area contributed by atoms with Gasteiger partial charge in [-0.2, -0.15) is 0 Å². The Morgan fingerprint density at radius 1 is 1.17 bits per heavy atom. The van der Waals surface area contributed by atoms with E-state index in [-0.39, 0.29) is 5.91 Å². The Labute approximate surface area is 142 Å². The Hall–Kier alpha value is -1.94. The third kappa shape index (κ3) is 3.70. The smallest absolute Gasteiger partial charge is 0.243 e. The van der Waals surface area contributed by atoms with Crippen molar-refractivity contribution in [2.75, 3.05) is 29.1 Å². The lowest BCUT2D eigenvalue weighted by Crippen LogP contribution is -2.34. The Bertz CT molecular complexity index is 714. The lowest BCUT2D eigenvalue weighted by Gasteiger charge is -2.24. The molecule has 3 rings (SSSR count). The largest absolute Gasteiger partial charge is 0.361 e. The molecule has 0 saturated carbocycles. The van der Waals surface area contributed by atoms with Crippen molar-refractivity contribution in [3.63, 3.8) is 0 Å². The monoisotopic (exact) mass is 326 g/mol. The fourth-order valence-corrected chi connectivity index (χ4v) is 3.83. The molecule has 23 heavy (non-hydrogen) atoms. The van der Waals surface area contributed by atoms with Crippen LogP contribution in [0.15, 0.2) is 47.4 Å². The third-order valence-electron chi connectivity index (χ3n) is 4.25. The molecule has 1 aliphatic heterocycles. The van der Waals surface area contributed by atoms with Crippen LogP contribution < -0.4 is 10.2 Å². The molecule has 2 aromatic rings. The molecular weight excluding hydrogens is 304 g/mol. The van der Waals surface area contributed by atoms with Crippen LogP contribution in [0.25, 0.3) is 0 Å². The average molecular weight is 326 g/mol. The molecule has 0 fully saturated rings. The Morgan fingerprint density at radius 2 is 2.00 bits per heavy atom. The van der Waals surface area contributed by atoms with Crippen molar-refractivity contribution in [2.45, 2.75) is 25.2 Å². The highest BCUT2D eigenvalue weighted by Gasteiger charge is 2.18. The maximum Gasteiger partial charge on any atom is 0.243 e. The van der Waals surface area contributed by atoms with Crippen LogP contribution in [0.2, 0.25) is 0 Å². The van der Waals surface area contributed by atoms with Crippen molar-refractivity contribution in [1.82, 2.24) is 0 Å². The van der Waals surface area contributed by atoms with Gasteiger partial charge in [0.05, 0.1) is 12.2 Å². The fraction of sp³-hybridized carbons (Fsp3) is 0.316. The number of fused-ring (bicyclic) bond motifs is 1. The first-order valence-corrected chi connectivity index (χ1v) is 8.96. The molecule has 1 N–H and O–H groups in total. The van der Waals surface area contributed by atoms with Crippen molar-refractivity contribution in [1.29, 1.82) is 0 Å². The van der Waals surface area contributed by atoms with Crippen molar-refractivity contribution in [3.8, 4) is 0 Å². The van der Waals surface area contributed by atoms with Gasteiger partial charge in [-0.25, -0.2) is 0 Å². The second kappa shape index (κ2) is 7.09. The van der Waals surface area contributed by atoms with Crippen molar-refractivity contribution >= 4 is 29.0 Å². The van der Waals surface area contributed by atoms with Crippen LogP contribution in [-0.2, 0) is 4.79 Å². The maximum absolute atomic E-state index is 12.5. The summed E-state index contributed by atoms with van der Waals surface area (Å²) in [4.78, 5) is 16.0. The van der Waals surface area contributed by atoms with Gasteiger partial charge in [0.1, 0.15) is 0 Å². The van der Waals surface area contributed by atoms with E-state index in [1.165, 1.54) is 16.1 Å². The van der Waals surface area contributed by atoms with Crippen LogP contribution in [0.3, 0.4) is 0 Å². The molecule has 1 heterocycles. The second-order valence-corrected chi connectivity index (χ2v) is 7.02. The molecule has 0 aliphatic carbocycles. The van der Waals surface area contributed by atoms with E-state index >= 15 is 0 Å². The number of benzene rings is 2. The van der Waals surface area contributed by atoms with Gasteiger partial charge in [0, 0.05) is 17.1 Å². The summed E-state index contributed by atoms with van der Waals surface area (Å²) >= 11 is 1.88. The van der Waals surface area contributed by atoms with Crippen LogP contribution in [0, 0.1) is 13.8 Å². The molecule has 1 amide bonds. The standard InChI is InChI=1S/C19H22N2OS/c1-14-7-5-8-16(15(14)2)20-19(22)13-21-11-6-12-23-18-10-4-3-9-17(18)21/h3-5,7-10H,6,11-13H2,1-2H3,(H,20,22). The van der Waals surface area contributed by atoms with Crippen LogP contribution in [-0.4, -0.2) is 24.7 Å². The molecule has 0 radical (unpaired) electrons. The Balaban J connectivity index is 1.74. The first-order valence-electron chi connectivity index (χ1n) is 7.98. The van der Waals surface area contributed by atoms with E-state index in [1.807, 2.05) is 36.9 Å². The van der Waals surface area contributed by atoms with E-state index < -0.39 is 0 Å². The summed E-state index contributed by atoms with van der Waals surface area (Å²) in [6, 6.07) is 14.4. The number of para-hydroxylation sites is 1. The van der Waals surface area contributed by atoms with Gasteiger partial charge in [0.25, 0.3) is 0 Å². The number of hydrogen-bond donors (Lipinski definition) is 1. The Kier molecular flexibility index (Phi) is 4.91. The van der Waals surface area contributed by atoms with E-state index in [1.54, 1.807) is 0 Å². The zero-order valence-corrected chi connectivity index (χ0v) is 14.5. The minimum atomic E-state index is 0.0420.